The molecule has 0 spiro atoms. The third-order valence-electron chi connectivity index (χ3n) is 3.12. The van der Waals surface area contributed by atoms with E-state index in [1.165, 1.54) is 29.0 Å². The first kappa shape index (κ1) is 9.99. The Morgan fingerprint density at radius 3 is 2.79 bits per heavy atom. The Hall–Kier alpha value is -0.540. The van der Waals surface area contributed by atoms with E-state index in [0.29, 0.717) is 6.04 Å². The number of fused-ring (bicyclic) bond motifs is 1. The molecule has 0 saturated carbocycles. The zero-order chi connectivity index (χ0) is 10.3. The molecular weight excluding hydrogens is 192 g/mol. The maximum atomic E-state index is 5.94. The van der Waals surface area contributed by atoms with Crippen LogP contribution in [0.15, 0.2) is 0 Å². The van der Waals surface area contributed by atoms with Crippen LogP contribution in [0.3, 0.4) is 0 Å². The van der Waals surface area contributed by atoms with Gasteiger partial charge in [0.15, 0.2) is 0 Å². The minimum absolute atomic E-state index is 0.645. The van der Waals surface area contributed by atoms with E-state index >= 15 is 0 Å². The Morgan fingerprint density at radius 2 is 2.14 bits per heavy atom. The SMILES string of the molecule is Cc1c(N)sc2c1CCN(C(C)C)C2. The fourth-order valence-corrected chi connectivity index (χ4v) is 3.19. The molecule has 2 heterocycles. The van der Waals surface area contributed by atoms with Gasteiger partial charge in [-0.25, -0.2) is 0 Å². The van der Waals surface area contributed by atoms with Gasteiger partial charge in [-0.1, -0.05) is 0 Å². The van der Waals surface area contributed by atoms with E-state index in [0.717, 1.165) is 11.5 Å². The van der Waals surface area contributed by atoms with Gasteiger partial charge in [0.25, 0.3) is 0 Å². The smallest absolute Gasteiger partial charge is 0.0892 e. The number of anilines is 1. The number of hydrogen-bond donors (Lipinski definition) is 1. The molecule has 0 bridgehead atoms. The van der Waals surface area contributed by atoms with Crippen molar-refractivity contribution >= 4 is 16.3 Å². The van der Waals surface area contributed by atoms with Gasteiger partial charge in [-0.3, -0.25) is 4.90 Å². The van der Waals surface area contributed by atoms with E-state index in [-0.39, 0.29) is 0 Å². The Bertz CT molecular complexity index is 341. The Balaban J connectivity index is 2.27. The van der Waals surface area contributed by atoms with Gasteiger partial charge in [-0.15, -0.1) is 11.3 Å². The second-order valence-electron chi connectivity index (χ2n) is 4.31. The first-order chi connectivity index (χ1) is 6.59. The quantitative estimate of drug-likeness (QED) is 0.771. The van der Waals surface area contributed by atoms with Crippen molar-refractivity contribution in [3.63, 3.8) is 0 Å². The number of rotatable bonds is 1. The summed E-state index contributed by atoms with van der Waals surface area (Å²) in [5.74, 6) is 0. The Labute approximate surface area is 89.7 Å². The molecule has 1 aromatic rings. The predicted molar refractivity (Wildman–Crippen MR) is 62.7 cm³/mol. The van der Waals surface area contributed by atoms with Gasteiger partial charge < -0.3 is 5.73 Å². The number of nitrogens with two attached hydrogens (primary N) is 1. The maximum Gasteiger partial charge on any atom is 0.0892 e. The van der Waals surface area contributed by atoms with Gasteiger partial charge in [-0.05, 0) is 38.3 Å². The number of thiophene rings is 1. The molecule has 0 aromatic carbocycles. The van der Waals surface area contributed by atoms with Gasteiger partial charge in [0, 0.05) is 24.0 Å². The summed E-state index contributed by atoms with van der Waals surface area (Å²) >= 11 is 1.77. The van der Waals surface area contributed by atoms with Crippen LogP contribution >= 0.6 is 11.3 Å². The van der Waals surface area contributed by atoms with Gasteiger partial charge in [0.05, 0.1) is 5.00 Å². The maximum absolute atomic E-state index is 5.94. The topological polar surface area (TPSA) is 29.3 Å². The standard InChI is InChI=1S/C11H18N2S/c1-7(2)13-5-4-9-8(3)11(12)14-10(9)6-13/h7H,4-6,12H2,1-3H3. The average Bonchev–Trinajstić information content (AvgIpc) is 2.42. The summed E-state index contributed by atoms with van der Waals surface area (Å²) in [6, 6.07) is 0.645. The average molecular weight is 210 g/mol. The summed E-state index contributed by atoms with van der Waals surface area (Å²) in [7, 11) is 0. The molecule has 0 amide bonds. The molecule has 0 atom stereocenters. The van der Waals surface area contributed by atoms with Gasteiger partial charge in [0.2, 0.25) is 0 Å². The first-order valence-electron chi connectivity index (χ1n) is 5.20. The lowest BCUT2D eigenvalue weighted by Gasteiger charge is -2.30. The third-order valence-corrected chi connectivity index (χ3v) is 4.27. The molecule has 1 aliphatic heterocycles. The monoisotopic (exact) mass is 210 g/mol. The Kier molecular flexibility index (Phi) is 2.54. The molecule has 0 radical (unpaired) electrons. The van der Waals surface area contributed by atoms with Crippen molar-refractivity contribution < 1.29 is 0 Å². The largest absolute Gasteiger partial charge is 0.390 e. The predicted octanol–water partition coefficient (Wildman–Crippen LogP) is 2.41. The summed E-state index contributed by atoms with van der Waals surface area (Å²) in [4.78, 5) is 4.00. The van der Waals surface area contributed by atoms with Crippen LogP contribution in [0, 0.1) is 6.92 Å². The number of hydrogen-bond acceptors (Lipinski definition) is 3. The summed E-state index contributed by atoms with van der Waals surface area (Å²) in [5, 5.41) is 1.01. The number of nitrogen functional groups attached to an aromatic ring is 1. The van der Waals surface area contributed by atoms with Crippen molar-refractivity contribution in [1.29, 1.82) is 0 Å². The summed E-state index contributed by atoms with van der Waals surface area (Å²) in [5.41, 5.74) is 8.79. The lowest BCUT2D eigenvalue weighted by Crippen LogP contribution is -2.35. The van der Waals surface area contributed by atoms with Crippen LogP contribution in [0.2, 0.25) is 0 Å². The lowest BCUT2D eigenvalue weighted by molar-refractivity contribution is 0.206. The van der Waals surface area contributed by atoms with E-state index in [9.17, 15) is 0 Å². The van der Waals surface area contributed by atoms with Crippen molar-refractivity contribution in [1.82, 2.24) is 4.90 Å². The summed E-state index contributed by atoms with van der Waals surface area (Å²) in [6.45, 7) is 8.94. The molecule has 0 unspecified atom stereocenters. The summed E-state index contributed by atoms with van der Waals surface area (Å²) in [6.07, 6.45) is 1.17. The molecule has 2 nitrogen and oxygen atoms in total. The molecule has 1 aromatic heterocycles. The van der Waals surface area contributed by atoms with Gasteiger partial charge in [-0.2, -0.15) is 0 Å². The van der Waals surface area contributed by atoms with E-state index in [1.54, 1.807) is 11.3 Å². The van der Waals surface area contributed by atoms with Crippen molar-refractivity contribution in [2.45, 2.75) is 39.8 Å². The van der Waals surface area contributed by atoms with E-state index in [4.69, 9.17) is 5.73 Å². The van der Waals surface area contributed by atoms with Crippen molar-refractivity contribution in [2.24, 2.45) is 0 Å². The van der Waals surface area contributed by atoms with E-state index in [2.05, 4.69) is 25.7 Å². The molecule has 0 saturated heterocycles. The molecule has 0 fully saturated rings. The number of nitrogens with zero attached hydrogens (tertiary/aromatic N) is 1. The molecule has 1 aliphatic rings. The fourth-order valence-electron chi connectivity index (χ4n) is 2.04. The molecule has 0 aliphatic carbocycles. The second-order valence-corrected chi connectivity index (χ2v) is 5.44. The van der Waals surface area contributed by atoms with Gasteiger partial charge in [0.1, 0.15) is 0 Å². The van der Waals surface area contributed by atoms with Crippen LogP contribution in [0.4, 0.5) is 5.00 Å². The highest BCUT2D eigenvalue weighted by atomic mass is 32.1. The molecular formula is C11H18N2S. The van der Waals surface area contributed by atoms with Gasteiger partial charge >= 0.3 is 0 Å². The molecule has 2 N–H and O–H groups in total. The van der Waals surface area contributed by atoms with Crippen molar-refractivity contribution in [2.75, 3.05) is 12.3 Å². The van der Waals surface area contributed by atoms with Crippen LogP contribution in [0.1, 0.15) is 29.9 Å². The minimum atomic E-state index is 0.645. The Morgan fingerprint density at radius 1 is 1.43 bits per heavy atom. The normalized spacial score (nSPS) is 17.4. The highest BCUT2D eigenvalue weighted by molar-refractivity contribution is 7.16. The summed E-state index contributed by atoms with van der Waals surface area (Å²) < 4.78 is 0. The zero-order valence-electron chi connectivity index (χ0n) is 9.13. The first-order valence-corrected chi connectivity index (χ1v) is 6.02. The van der Waals surface area contributed by atoms with Crippen molar-refractivity contribution in [3.8, 4) is 0 Å². The molecule has 14 heavy (non-hydrogen) atoms. The zero-order valence-corrected chi connectivity index (χ0v) is 9.95. The van der Waals surface area contributed by atoms with Crippen LogP contribution < -0.4 is 5.73 Å². The van der Waals surface area contributed by atoms with Crippen LogP contribution in [-0.2, 0) is 13.0 Å². The highest BCUT2D eigenvalue weighted by Crippen LogP contribution is 2.34. The third kappa shape index (κ3) is 1.55. The van der Waals surface area contributed by atoms with Crippen molar-refractivity contribution in [3.05, 3.63) is 16.0 Å². The van der Waals surface area contributed by atoms with Crippen LogP contribution in [0.25, 0.3) is 0 Å². The van der Waals surface area contributed by atoms with Crippen LogP contribution in [0.5, 0.6) is 0 Å². The van der Waals surface area contributed by atoms with E-state index < -0.39 is 0 Å². The molecule has 2 rings (SSSR count). The molecule has 3 heteroatoms. The second kappa shape index (κ2) is 3.55. The highest BCUT2D eigenvalue weighted by Gasteiger charge is 2.22. The minimum Gasteiger partial charge on any atom is -0.390 e. The lowest BCUT2D eigenvalue weighted by atomic mass is 10.0. The fraction of sp³-hybridized carbons (Fsp3) is 0.636. The van der Waals surface area contributed by atoms with E-state index in [1.807, 2.05) is 0 Å². The van der Waals surface area contributed by atoms with Crippen LogP contribution in [-0.4, -0.2) is 17.5 Å². The molecule has 78 valence electrons.